The topological polar surface area (TPSA) is 42.8 Å². The molecule has 2 rings (SSSR count). The Kier molecular flexibility index (Phi) is 6.49. The molecule has 0 aliphatic rings. The molecule has 4 nitrogen and oxygen atoms in total. The van der Waals surface area contributed by atoms with Crippen LogP contribution in [-0.2, 0) is 0 Å². The molecule has 6 heteroatoms. The summed E-state index contributed by atoms with van der Waals surface area (Å²) in [5.41, 5.74) is 1.50. The minimum atomic E-state index is -0.234. The Morgan fingerprint density at radius 2 is 1.83 bits per heavy atom. The number of benzene rings is 2. The van der Waals surface area contributed by atoms with Gasteiger partial charge in [0.15, 0.2) is 0 Å². The van der Waals surface area contributed by atoms with Crippen molar-refractivity contribution in [2.45, 2.75) is 6.04 Å². The van der Waals surface area contributed by atoms with Gasteiger partial charge in [-0.3, -0.25) is 4.79 Å². The Hall–Kier alpha value is -1.75. The smallest absolute Gasteiger partial charge is 0.253 e. The van der Waals surface area contributed by atoms with Crippen LogP contribution in [0.1, 0.15) is 22.0 Å². The van der Waals surface area contributed by atoms with Crippen molar-refractivity contribution in [3.8, 4) is 5.75 Å². The Morgan fingerprint density at radius 3 is 2.42 bits per heavy atom. The molecule has 0 aliphatic heterocycles. The highest BCUT2D eigenvalue weighted by molar-refractivity contribution is 6.43. The minimum Gasteiger partial charge on any atom is -0.497 e. The Balaban J connectivity index is 2.11. The predicted molar refractivity (Wildman–Crippen MR) is 97.3 cm³/mol. The fourth-order valence-electron chi connectivity index (χ4n) is 2.46. The molecule has 0 heterocycles. The lowest BCUT2D eigenvalue weighted by atomic mass is 10.1. The molecule has 2 aromatic carbocycles. The van der Waals surface area contributed by atoms with E-state index in [9.17, 15) is 4.79 Å². The number of likely N-dealkylation sites (N-methyl/N-ethyl adjacent to an activating group) is 1. The Labute approximate surface area is 152 Å². The first-order valence-corrected chi connectivity index (χ1v) is 8.35. The maximum atomic E-state index is 12.4. The normalized spacial score (nSPS) is 12.1. The first-order chi connectivity index (χ1) is 11.4. The molecule has 2 aromatic rings. The van der Waals surface area contributed by atoms with E-state index in [2.05, 4.69) is 5.32 Å². The molecule has 0 bridgehead atoms. The van der Waals surface area contributed by atoms with Crippen LogP contribution in [0.25, 0.3) is 0 Å². The molecule has 0 saturated carbocycles. The summed E-state index contributed by atoms with van der Waals surface area (Å²) in [6, 6.07) is 13.0. The van der Waals surface area contributed by atoms with Crippen molar-refractivity contribution in [2.75, 3.05) is 27.7 Å². The molecule has 0 fully saturated rings. The largest absolute Gasteiger partial charge is 0.497 e. The van der Waals surface area contributed by atoms with Gasteiger partial charge in [0, 0.05) is 5.56 Å². The van der Waals surface area contributed by atoms with E-state index in [0.29, 0.717) is 17.1 Å². The molecular formula is C18H21Cl2N2O2+. The van der Waals surface area contributed by atoms with Gasteiger partial charge >= 0.3 is 0 Å². The van der Waals surface area contributed by atoms with Crippen molar-refractivity contribution >= 4 is 29.1 Å². The van der Waals surface area contributed by atoms with E-state index in [1.165, 1.54) is 4.90 Å². The van der Waals surface area contributed by atoms with E-state index in [1.807, 2.05) is 38.4 Å². The zero-order chi connectivity index (χ0) is 17.7. The predicted octanol–water partition coefficient (Wildman–Crippen LogP) is 2.62. The van der Waals surface area contributed by atoms with Crippen LogP contribution in [0.3, 0.4) is 0 Å². The minimum absolute atomic E-state index is 0.109. The fraction of sp³-hybridized carbons (Fsp3) is 0.278. The maximum Gasteiger partial charge on any atom is 0.253 e. The fourth-order valence-corrected chi connectivity index (χ4v) is 2.85. The van der Waals surface area contributed by atoms with Crippen LogP contribution in [0.15, 0.2) is 42.5 Å². The molecule has 128 valence electrons. The summed E-state index contributed by atoms with van der Waals surface area (Å²) in [5.74, 6) is 0.572. The van der Waals surface area contributed by atoms with Gasteiger partial charge in [-0.25, -0.2) is 0 Å². The van der Waals surface area contributed by atoms with Crippen molar-refractivity contribution in [3.05, 3.63) is 63.6 Å². The van der Waals surface area contributed by atoms with Gasteiger partial charge in [-0.2, -0.15) is 0 Å². The lowest BCUT2D eigenvalue weighted by Crippen LogP contribution is -3.07. The van der Waals surface area contributed by atoms with Crippen LogP contribution < -0.4 is 15.0 Å². The van der Waals surface area contributed by atoms with Gasteiger partial charge in [0.05, 0.1) is 43.4 Å². The van der Waals surface area contributed by atoms with Gasteiger partial charge in [-0.1, -0.05) is 29.3 Å². The second-order valence-electron chi connectivity index (χ2n) is 5.71. The first-order valence-electron chi connectivity index (χ1n) is 7.60. The van der Waals surface area contributed by atoms with Gasteiger partial charge < -0.3 is 15.0 Å². The molecule has 24 heavy (non-hydrogen) atoms. The molecule has 0 spiro atoms. The highest BCUT2D eigenvalue weighted by atomic mass is 35.5. The van der Waals surface area contributed by atoms with Crippen molar-refractivity contribution in [1.29, 1.82) is 0 Å². The SMILES string of the molecule is COc1ccc([C@H](CNC(=O)c2cccc(Cl)c2Cl)[NH+](C)C)cc1. The molecular weight excluding hydrogens is 347 g/mol. The van der Waals surface area contributed by atoms with Gasteiger partial charge in [0.2, 0.25) is 0 Å². The van der Waals surface area contributed by atoms with Gasteiger partial charge in [0.25, 0.3) is 5.91 Å². The molecule has 0 unspecified atom stereocenters. The first kappa shape index (κ1) is 18.6. The highest BCUT2D eigenvalue weighted by Gasteiger charge is 2.20. The number of hydrogen-bond donors (Lipinski definition) is 2. The summed E-state index contributed by atoms with van der Waals surface area (Å²) in [4.78, 5) is 13.6. The third-order valence-corrected chi connectivity index (χ3v) is 4.70. The number of ether oxygens (including phenoxy) is 1. The van der Waals surface area contributed by atoms with Crippen molar-refractivity contribution < 1.29 is 14.4 Å². The van der Waals surface area contributed by atoms with Crippen LogP contribution in [-0.4, -0.2) is 33.7 Å². The summed E-state index contributed by atoms with van der Waals surface area (Å²) in [7, 11) is 5.74. The van der Waals surface area contributed by atoms with Crippen LogP contribution in [0.5, 0.6) is 5.75 Å². The molecule has 2 N–H and O–H groups in total. The molecule has 0 aliphatic carbocycles. The van der Waals surface area contributed by atoms with E-state index in [1.54, 1.807) is 25.3 Å². The van der Waals surface area contributed by atoms with Crippen LogP contribution in [0.4, 0.5) is 0 Å². The second-order valence-corrected chi connectivity index (χ2v) is 6.50. The van der Waals surface area contributed by atoms with Crippen molar-refractivity contribution in [1.82, 2.24) is 5.32 Å². The van der Waals surface area contributed by atoms with Gasteiger partial charge in [0.1, 0.15) is 11.8 Å². The zero-order valence-corrected chi connectivity index (χ0v) is 15.4. The zero-order valence-electron chi connectivity index (χ0n) is 13.9. The van der Waals surface area contributed by atoms with E-state index in [-0.39, 0.29) is 17.0 Å². The van der Waals surface area contributed by atoms with Crippen LogP contribution in [0, 0.1) is 0 Å². The summed E-state index contributed by atoms with van der Waals surface area (Å²) in [6.07, 6.45) is 0. The quantitative estimate of drug-likeness (QED) is 0.823. The Morgan fingerprint density at radius 1 is 1.17 bits per heavy atom. The van der Waals surface area contributed by atoms with Crippen molar-refractivity contribution in [3.63, 3.8) is 0 Å². The molecule has 0 radical (unpaired) electrons. The average molecular weight is 368 g/mol. The molecule has 0 saturated heterocycles. The number of hydrogen-bond acceptors (Lipinski definition) is 2. The van der Waals surface area contributed by atoms with Crippen LogP contribution in [0.2, 0.25) is 10.0 Å². The standard InChI is InChI=1S/C18H20Cl2N2O2/c1-22(2)16(12-7-9-13(24-3)10-8-12)11-21-18(23)14-5-4-6-15(19)17(14)20/h4-10,16H,11H2,1-3H3,(H,21,23)/p+1/t16-/m0/s1. The Bertz CT molecular complexity index is 703. The molecule has 1 amide bonds. The third-order valence-electron chi connectivity index (χ3n) is 3.88. The van der Waals surface area contributed by atoms with Gasteiger partial charge in [-0.05, 0) is 36.4 Å². The summed E-state index contributed by atoms with van der Waals surface area (Å²) in [6.45, 7) is 0.482. The van der Waals surface area contributed by atoms with Gasteiger partial charge in [-0.15, -0.1) is 0 Å². The average Bonchev–Trinajstić information content (AvgIpc) is 2.57. The maximum absolute atomic E-state index is 12.4. The van der Waals surface area contributed by atoms with E-state index in [4.69, 9.17) is 27.9 Å². The van der Waals surface area contributed by atoms with E-state index < -0.39 is 0 Å². The molecule has 0 aromatic heterocycles. The molecule has 1 atom stereocenters. The van der Waals surface area contributed by atoms with E-state index >= 15 is 0 Å². The van der Waals surface area contributed by atoms with Crippen molar-refractivity contribution in [2.24, 2.45) is 0 Å². The second kappa shape index (κ2) is 8.38. The summed E-state index contributed by atoms with van der Waals surface area (Å²) < 4.78 is 5.19. The lowest BCUT2D eigenvalue weighted by Gasteiger charge is -2.22. The number of halogens is 2. The number of nitrogens with one attached hydrogen (secondary N) is 2. The number of quaternary nitrogens is 1. The number of carbonyl (C=O) groups excluding carboxylic acids is 1. The number of methoxy groups -OCH3 is 1. The lowest BCUT2D eigenvalue weighted by molar-refractivity contribution is -0.890. The number of rotatable bonds is 6. The van der Waals surface area contributed by atoms with E-state index in [0.717, 1.165) is 11.3 Å². The third kappa shape index (κ3) is 4.41. The highest BCUT2D eigenvalue weighted by Crippen LogP contribution is 2.25. The number of amides is 1. The summed E-state index contributed by atoms with van der Waals surface area (Å²) in [5, 5.41) is 3.58. The monoisotopic (exact) mass is 367 g/mol. The van der Waals surface area contributed by atoms with Crippen LogP contribution >= 0.6 is 23.2 Å². The number of carbonyl (C=O) groups is 1. The summed E-state index contributed by atoms with van der Waals surface area (Å²) >= 11 is 12.1.